The minimum absolute atomic E-state index is 0.00901. The average Bonchev–Trinajstić information content (AvgIpc) is 2.41. The highest BCUT2D eigenvalue weighted by Gasteiger charge is 2.44. The van der Waals surface area contributed by atoms with E-state index in [-0.39, 0.29) is 4.75 Å². The molecule has 0 N–H and O–H groups in total. The van der Waals surface area contributed by atoms with Gasteiger partial charge in [0.05, 0.1) is 0 Å². The van der Waals surface area contributed by atoms with E-state index in [0.29, 0.717) is 25.1 Å². The highest BCUT2D eigenvalue weighted by atomic mass is 32.1. The van der Waals surface area contributed by atoms with Crippen LogP contribution in [-0.4, -0.2) is 38.6 Å². The average molecular weight is 339 g/mol. The third kappa shape index (κ3) is 5.21. The lowest BCUT2D eigenvalue weighted by Gasteiger charge is -2.40. The zero-order valence-corrected chi connectivity index (χ0v) is 15.8. The van der Waals surface area contributed by atoms with E-state index in [1.807, 2.05) is 20.8 Å². The van der Waals surface area contributed by atoms with Gasteiger partial charge >= 0.3 is 8.80 Å². The van der Waals surface area contributed by atoms with Crippen LogP contribution >= 0.6 is 25.3 Å². The maximum atomic E-state index is 5.92. The SMILES string of the molecule is CCO[Si](CCC1(S)CCCCC1S)(OCC)OCC. The zero-order chi connectivity index (χ0) is 15.1. The predicted octanol–water partition coefficient (Wildman–Crippen LogP) is 3.97. The van der Waals surface area contributed by atoms with Crippen molar-refractivity contribution >= 4 is 34.1 Å². The second kappa shape index (κ2) is 9.05. The van der Waals surface area contributed by atoms with E-state index in [0.717, 1.165) is 25.3 Å². The maximum absolute atomic E-state index is 5.92. The molecule has 0 aliphatic heterocycles. The molecule has 0 aromatic rings. The van der Waals surface area contributed by atoms with Gasteiger partial charge in [-0.3, -0.25) is 0 Å². The lowest BCUT2D eigenvalue weighted by Crippen LogP contribution is -2.48. The molecule has 2 unspecified atom stereocenters. The molecule has 1 aliphatic rings. The van der Waals surface area contributed by atoms with Crippen LogP contribution < -0.4 is 0 Å². The van der Waals surface area contributed by atoms with Crippen LogP contribution in [0.3, 0.4) is 0 Å². The summed E-state index contributed by atoms with van der Waals surface area (Å²) < 4.78 is 17.7. The van der Waals surface area contributed by atoms with E-state index in [4.69, 9.17) is 38.5 Å². The molecule has 0 aromatic heterocycles. The van der Waals surface area contributed by atoms with Gasteiger partial charge in [0.1, 0.15) is 0 Å². The van der Waals surface area contributed by atoms with Crippen LogP contribution in [0.1, 0.15) is 52.9 Å². The van der Waals surface area contributed by atoms with Crippen LogP contribution in [0.2, 0.25) is 6.04 Å². The van der Waals surface area contributed by atoms with E-state index in [9.17, 15) is 0 Å². The summed E-state index contributed by atoms with van der Waals surface area (Å²) >= 11 is 9.69. The van der Waals surface area contributed by atoms with Crippen molar-refractivity contribution in [3.05, 3.63) is 0 Å². The molecule has 3 nitrogen and oxygen atoms in total. The highest BCUT2D eigenvalue weighted by Crippen LogP contribution is 2.42. The first-order valence-electron chi connectivity index (χ1n) is 7.84. The summed E-state index contributed by atoms with van der Waals surface area (Å²) in [6, 6.07) is 0.836. The molecule has 0 amide bonds. The minimum atomic E-state index is -2.54. The second-order valence-electron chi connectivity index (χ2n) is 5.35. The molecule has 2 atom stereocenters. The van der Waals surface area contributed by atoms with E-state index < -0.39 is 8.80 Å². The van der Waals surface area contributed by atoms with Crippen molar-refractivity contribution < 1.29 is 13.3 Å². The Balaban J connectivity index is 2.68. The van der Waals surface area contributed by atoms with Crippen molar-refractivity contribution in [1.82, 2.24) is 0 Å². The van der Waals surface area contributed by atoms with Gasteiger partial charge < -0.3 is 13.3 Å². The van der Waals surface area contributed by atoms with E-state index >= 15 is 0 Å². The summed E-state index contributed by atoms with van der Waals surface area (Å²) in [7, 11) is -2.54. The third-order valence-corrected chi connectivity index (χ3v) is 8.68. The molecule has 1 rings (SSSR count). The minimum Gasteiger partial charge on any atom is -0.374 e. The van der Waals surface area contributed by atoms with Gasteiger partial charge in [-0.15, -0.1) is 0 Å². The van der Waals surface area contributed by atoms with Crippen LogP contribution in [0.4, 0.5) is 0 Å². The van der Waals surface area contributed by atoms with Crippen molar-refractivity contribution in [1.29, 1.82) is 0 Å². The first-order chi connectivity index (χ1) is 9.52. The number of hydrogen-bond acceptors (Lipinski definition) is 5. The molecule has 1 fully saturated rings. The second-order valence-corrected chi connectivity index (χ2v) is 9.59. The molecule has 20 heavy (non-hydrogen) atoms. The Kier molecular flexibility index (Phi) is 8.53. The molecule has 0 saturated heterocycles. The van der Waals surface area contributed by atoms with Crippen LogP contribution in [0, 0.1) is 0 Å². The van der Waals surface area contributed by atoms with Gasteiger partial charge in [-0.1, -0.05) is 12.8 Å². The van der Waals surface area contributed by atoms with Gasteiger partial charge in [0.15, 0.2) is 0 Å². The van der Waals surface area contributed by atoms with Crippen molar-refractivity contribution in [3.63, 3.8) is 0 Å². The molecular weight excluding hydrogens is 308 g/mol. The summed E-state index contributed by atoms with van der Waals surface area (Å²) in [5, 5.41) is 0.358. The van der Waals surface area contributed by atoms with E-state index in [1.165, 1.54) is 12.8 Å². The Morgan fingerprint density at radius 2 is 1.60 bits per heavy atom. The largest absolute Gasteiger partial charge is 0.500 e. The van der Waals surface area contributed by atoms with Gasteiger partial charge in [0.25, 0.3) is 0 Å². The molecular formula is C14H30O3S2Si. The lowest BCUT2D eigenvalue weighted by atomic mass is 9.86. The molecule has 6 heteroatoms. The Hall–Kier alpha value is 0.797. The fourth-order valence-corrected chi connectivity index (χ4v) is 6.67. The fourth-order valence-electron chi connectivity index (χ4n) is 2.87. The van der Waals surface area contributed by atoms with Crippen molar-refractivity contribution in [2.45, 2.75) is 68.9 Å². The van der Waals surface area contributed by atoms with Crippen LogP contribution in [-0.2, 0) is 13.3 Å². The summed E-state index contributed by atoms with van der Waals surface area (Å²) in [5.74, 6) is 0. The summed E-state index contributed by atoms with van der Waals surface area (Å²) in [6.45, 7) is 7.90. The Morgan fingerprint density at radius 1 is 1.05 bits per heavy atom. The molecule has 0 aromatic carbocycles. The molecule has 0 heterocycles. The highest BCUT2D eigenvalue weighted by molar-refractivity contribution is 7.85. The van der Waals surface area contributed by atoms with Gasteiger partial charge in [0, 0.05) is 35.9 Å². The molecule has 0 bridgehead atoms. The Bertz CT molecular complexity index is 264. The summed E-state index contributed by atoms with van der Waals surface area (Å²) in [5.41, 5.74) is 0. The fraction of sp³-hybridized carbons (Fsp3) is 1.00. The topological polar surface area (TPSA) is 27.7 Å². The predicted molar refractivity (Wildman–Crippen MR) is 93.0 cm³/mol. The number of thiol groups is 2. The van der Waals surface area contributed by atoms with Gasteiger partial charge in [-0.25, -0.2) is 0 Å². The van der Waals surface area contributed by atoms with E-state index in [2.05, 4.69) is 0 Å². The monoisotopic (exact) mass is 338 g/mol. The third-order valence-electron chi connectivity index (χ3n) is 3.91. The van der Waals surface area contributed by atoms with E-state index in [1.54, 1.807) is 0 Å². The Morgan fingerprint density at radius 3 is 2.05 bits per heavy atom. The van der Waals surface area contributed by atoms with Gasteiger partial charge in [0.2, 0.25) is 0 Å². The molecule has 1 aliphatic carbocycles. The van der Waals surface area contributed by atoms with Crippen molar-refractivity contribution in [3.8, 4) is 0 Å². The lowest BCUT2D eigenvalue weighted by molar-refractivity contribution is 0.0697. The van der Waals surface area contributed by atoms with Crippen molar-refractivity contribution in [2.75, 3.05) is 19.8 Å². The number of rotatable bonds is 9. The molecule has 0 radical (unpaired) electrons. The Labute approximate surface area is 136 Å². The first-order valence-corrected chi connectivity index (χ1v) is 10.7. The summed E-state index contributed by atoms with van der Waals surface area (Å²) in [4.78, 5) is 0. The van der Waals surface area contributed by atoms with Crippen LogP contribution in [0.25, 0.3) is 0 Å². The smallest absolute Gasteiger partial charge is 0.374 e. The molecule has 1 saturated carbocycles. The normalized spacial score (nSPS) is 27.8. The summed E-state index contributed by atoms with van der Waals surface area (Å²) in [6.07, 6.45) is 5.74. The maximum Gasteiger partial charge on any atom is 0.500 e. The molecule has 120 valence electrons. The standard InChI is InChI=1S/C14H30O3S2Si/c1-4-15-20(16-5-2,17-6-3)12-11-14(19)10-8-7-9-13(14)18/h13,18-19H,4-12H2,1-3H3. The quantitative estimate of drug-likeness (QED) is 0.492. The number of hydrogen-bond donors (Lipinski definition) is 2. The van der Waals surface area contributed by atoms with Gasteiger partial charge in [-0.05, 0) is 40.0 Å². The van der Waals surface area contributed by atoms with Crippen LogP contribution in [0.15, 0.2) is 0 Å². The zero-order valence-electron chi connectivity index (χ0n) is 13.1. The van der Waals surface area contributed by atoms with Crippen molar-refractivity contribution in [2.24, 2.45) is 0 Å². The molecule has 0 spiro atoms. The van der Waals surface area contributed by atoms with Crippen LogP contribution in [0.5, 0.6) is 0 Å². The van der Waals surface area contributed by atoms with Gasteiger partial charge in [-0.2, -0.15) is 25.3 Å². The first kappa shape index (κ1) is 18.8.